The molecule has 18 heavy (non-hydrogen) atoms. The third kappa shape index (κ3) is 2.86. The number of aromatic nitrogens is 2. The molecule has 0 unspecified atom stereocenters. The van der Waals surface area contributed by atoms with Crippen LogP contribution < -0.4 is 5.32 Å². The molecule has 6 heteroatoms. The maximum atomic E-state index is 12.1. The molecule has 2 rings (SSSR count). The van der Waals surface area contributed by atoms with Crippen LogP contribution in [0.1, 0.15) is 15.9 Å². The molecule has 0 radical (unpaired) electrons. The second-order valence-corrected chi connectivity index (χ2v) is 4.88. The van der Waals surface area contributed by atoms with Crippen molar-refractivity contribution < 1.29 is 4.79 Å². The summed E-state index contributed by atoms with van der Waals surface area (Å²) in [6.07, 6.45) is 2.93. The Morgan fingerprint density at radius 3 is 2.78 bits per heavy atom. The fourth-order valence-electron chi connectivity index (χ4n) is 1.42. The van der Waals surface area contributed by atoms with Crippen LogP contribution in [0.2, 0.25) is 5.15 Å². The van der Waals surface area contributed by atoms with Gasteiger partial charge in [0.25, 0.3) is 5.91 Å². The van der Waals surface area contributed by atoms with E-state index in [0.29, 0.717) is 5.56 Å². The van der Waals surface area contributed by atoms with Gasteiger partial charge in [-0.2, -0.15) is 0 Å². The van der Waals surface area contributed by atoms with Crippen molar-refractivity contribution in [3.63, 3.8) is 0 Å². The zero-order chi connectivity index (χ0) is 13.1. The highest BCUT2D eigenvalue weighted by molar-refractivity contribution is 9.10. The van der Waals surface area contributed by atoms with Crippen LogP contribution >= 0.6 is 27.5 Å². The number of anilines is 1. The molecule has 0 aliphatic rings. The average Bonchev–Trinajstić information content (AvgIpc) is 2.35. The zero-order valence-corrected chi connectivity index (χ0v) is 11.8. The van der Waals surface area contributed by atoms with Gasteiger partial charge in [0.1, 0.15) is 0 Å². The third-order valence-electron chi connectivity index (χ3n) is 2.33. The summed E-state index contributed by atoms with van der Waals surface area (Å²) in [7, 11) is 0. The molecule has 1 aromatic heterocycles. The monoisotopic (exact) mass is 325 g/mol. The summed E-state index contributed by atoms with van der Waals surface area (Å²) in [5.74, 6) is -0.0141. The fourth-order valence-corrected chi connectivity index (χ4v) is 1.93. The highest BCUT2D eigenvalue weighted by atomic mass is 79.9. The number of benzene rings is 1. The summed E-state index contributed by atoms with van der Waals surface area (Å²) in [6, 6.07) is 5.48. The van der Waals surface area contributed by atoms with Gasteiger partial charge in [0, 0.05) is 22.4 Å². The van der Waals surface area contributed by atoms with E-state index in [2.05, 4.69) is 31.2 Å². The smallest absolute Gasteiger partial charge is 0.257 e. The molecule has 2 aromatic rings. The second kappa shape index (κ2) is 5.46. The maximum absolute atomic E-state index is 12.1. The van der Waals surface area contributed by atoms with Gasteiger partial charge in [-0.05, 0) is 24.6 Å². The standard InChI is InChI=1S/C12H9BrClN3O/c1-7-2-3-8(13)6-9(7)12(18)17-11-10(14)15-4-5-16-11/h2-6H,1H3,(H,16,17,18). The minimum absolute atomic E-state index is 0.165. The van der Waals surface area contributed by atoms with Crippen molar-refractivity contribution in [1.82, 2.24) is 9.97 Å². The first-order valence-electron chi connectivity index (χ1n) is 5.12. The normalized spacial score (nSPS) is 10.2. The van der Waals surface area contributed by atoms with Crippen LogP contribution in [0.4, 0.5) is 5.82 Å². The molecule has 4 nitrogen and oxygen atoms in total. The largest absolute Gasteiger partial charge is 0.304 e. The van der Waals surface area contributed by atoms with Gasteiger partial charge in [-0.1, -0.05) is 33.6 Å². The lowest BCUT2D eigenvalue weighted by Gasteiger charge is -2.08. The molecular formula is C12H9BrClN3O. The number of carbonyl (C=O) groups is 1. The van der Waals surface area contributed by atoms with Gasteiger partial charge >= 0.3 is 0 Å². The van der Waals surface area contributed by atoms with E-state index in [1.807, 2.05) is 19.1 Å². The number of nitrogens with zero attached hydrogens (tertiary/aromatic N) is 2. The average molecular weight is 327 g/mol. The van der Waals surface area contributed by atoms with Crippen molar-refractivity contribution in [2.24, 2.45) is 0 Å². The summed E-state index contributed by atoms with van der Waals surface area (Å²) in [5.41, 5.74) is 1.43. The molecule has 1 N–H and O–H groups in total. The zero-order valence-electron chi connectivity index (χ0n) is 9.45. The summed E-state index contributed by atoms with van der Waals surface area (Å²) < 4.78 is 0.837. The first-order valence-corrected chi connectivity index (χ1v) is 6.29. The van der Waals surface area contributed by atoms with Crippen LogP contribution in [0.5, 0.6) is 0 Å². The highest BCUT2D eigenvalue weighted by Crippen LogP contribution is 2.19. The predicted molar refractivity (Wildman–Crippen MR) is 73.9 cm³/mol. The molecule has 92 valence electrons. The number of aryl methyl sites for hydroxylation is 1. The van der Waals surface area contributed by atoms with Crippen molar-refractivity contribution in [3.8, 4) is 0 Å². The van der Waals surface area contributed by atoms with E-state index in [9.17, 15) is 4.79 Å². The Labute approximate surface area is 118 Å². The molecule has 0 saturated heterocycles. The first-order chi connectivity index (χ1) is 8.58. The molecule has 0 atom stereocenters. The van der Waals surface area contributed by atoms with Gasteiger partial charge in [0.05, 0.1) is 0 Å². The molecule has 0 spiro atoms. The number of halogens is 2. The second-order valence-electron chi connectivity index (χ2n) is 3.61. The van der Waals surface area contributed by atoms with Crippen LogP contribution in [-0.2, 0) is 0 Å². The van der Waals surface area contributed by atoms with Crippen molar-refractivity contribution >= 4 is 39.3 Å². The first kappa shape index (κ1) is 13.0. The van der Waals surface area contributed by atoms with E-state index in [0.717, 1.165) is 10.0 Å². The molecule has 0 aliphatic carbocycles. The number of rotatable bonds is 2. The van der Waals surface area contributed by atoms with Crippen molar-refractivity contribution in [1.29, 1.82) is 0 Å². The number of hydrogen-bond acceptors (Lipinski definition) is 3. The van der Waals surface area contributed by atoms with Gasteiger partial charge in [-0.25, -0.2) is 9.97 Å². The highest BCUT2D eigenvalue weighted by Gasteiger charge is 2.12. The maximum Gasteiger partial charge on any atom is 0.257 e. The Kier molecular flexibility index (Phi) is 3.93. The third-order valence-corrected chi connectivity index (χ3v) is 3.10. The van der Waals surface area contributed by atoms with E-state index in [-0.39, 0.29) is 16.9 Å². The summed E-state index contributed by atoms with van der Waals surface area (Å²) >= 11 is 9.16. The SMILES string of the molecule is Cc1ccc(Br)cc1C(=O)Nc1nccnc1Cl. The molecule has 1 amide bonds. The Morgan fingerprint density at radius 1 is 1.33 bits per heavy atom. The van der Waals surface area contributed by atoms with Crippen molar-refractivity contribution in [2.45, 2.75) is 6.92 Å². The van der Waals surface area contributed by atoms with Gasteiger partial charge in [-0.3, -0.25) is 4.79 Å². The molecule has 0 fully saturated rings. The Hall–Kier alpha value is -1.46. The Morgan fingerprint density at radius 2 is 2.06 bits per heavy atom. The van der Waals surface area contributed by atoms with Crippen LogP contribution in [0.15, 0.2) is 35.1 Å². The topological polar surface area (TPSA) is 54.9 Å². The number of hydrogen-bond donors (Lipinski definition) is 1. The molecule has 1 aromatic carbocycles. The van der Waals surface area contributed by atoms with Crippen LogP contribution in [0.25, 0.3) is 0 Å². The lowest BCUT2D eigenvalue weighted by Crippen LogP contribution is -2.15. The van der Waals surface area contributed by atoms with E-state index in [1.54, 1.807) is 6.07 Å². The Balaban J connectivity index is 2.28. The molecule has 0 saturated carbocycles. The fraction of sp³-hybridized carbons (Fsp3) is 0.0833. The minimum atomic E-state index is -0.267. The van der Waals surface area contributed by atoms with Crippen molar-refractivity contribution in [2.75, 3.05) is 5.32 Å². The molecule has 0 bridgehead atoms. The van der Waals surface area contributed by atoms with Gasteiger partial charge in [0.15, 0.2) is 11.0 Å². The summed E-state index contributed by atoms with van der Waals surface area (Å²) in [5, 5.41) is 2.79. The van der Waals surface area contributed by atoms with E-state index >= 15 is 0 Å². The van der Waals surface area contributed by atoms with Crippen LogP contribution in [-0.4, -0.2) is 15.9 Å². The Bertz CT molecular complexity index is 604. The van der Waals surface area contributed by atoms with Gasteiger partial charge in [0.2, 0.25) is 0 Å². The quantitative estimate of drug-likeness (QED) is 0.919. The van der Waals surface area contributed by atoms with Gasteiger partial charge in [-0.15, -0.1) is 0 Å². The van der Waals surface area contributed by atoms with Crippen LogP contribution in [0, 0.1) is 6.92 Å². The number of amides is 1. The predicted octanol–water partition coefficient (Wildman–Crippen LogP) is 3.45. The number of nitrogens with one attached hydrogen (secondary N) is 1. The van der Waals surface area contributed by atoms with E-state index < -0.39 is 0 Å². The van der Waals surface area contributed by atoms with Crippen molar-refractivity contribution in [3.05, 3.63) is 51.3 Å². The molecule has 1 heterocycles. The molecular weight excluding hydrogens is 318 g/mol. The minimum Gasteiger partial charge on any atom is -0.304 e. The number of carbonyl (C=O) groups excluding carboxylic acids is 1. The summed E-state index contributed by atoms with van der Waals surface area (Å²) in [4.78, 5) is 19.9. The van der Waals surface area contributed by atoms with Crippen LogP contribution in [0.3, 0.4) is 0 Å². The summed E-state index contributed by atoms with van der Waals surface area (Å²) in [6.45, 7) is 1.86. The lowest BCUT2D eigenvalue weighted by atomic mass is 10.1. The van der Waals surface area contributed by atoms with E-state index in [4.69, 9.17) is 11.6 Å². The van der Waals surface area contributed by atoms with Gasteiger partial charge < -0.3 is 5.32 Å². The van der Waals surface area contributed by atoms with E-state index in [1.165, 1.54) is 12.4 Å². The lowest BCUT2D eigenvalue weighted by molar-refractivity contribution is 0.102. The molecule has 0 aliphatic heterocycles.